The van der Waals surface area contributed by atoms with Crippen molar-refractivity contribution in [3.05, 3.63) is 0 Å². The van der Waals surface area contributed by atoms with Crippen molar-refractivity contribution < 1.29 is 14.6 Å². The molecule has 0 aliphatic heterocycles. The van der Waals surface area contributed by atoms with Gasteiger partial charge in [0.1, 0.15) is 0 Å². The fraction of sp³-hybridized carbons (Fsp3) is 1.00. The van der Waals surface area contributed by atoms with E-state index in [4.69, 9.17) is 9.47 Å². The highest BCUT2D eigenvalue weighted by molar-refractivity contribution is 4.40. The largest absolute Gasteiger partial charge is 0.356 e. The minimum Gasteiger partial charge on any atom is -0.356 e. The molecule has 0 aromatic heterocycles. The van der Waals surface area contributed by atoms with Gasteiger partial charge in [0, 0.05) is 7.11 Å². The quantitative estimate of drug-likeness (QED) is 0.553. The van der Waals surface area contributed by atoms with Gasteiger partial charge in [0.05, 0.1) is 0 Å². The molecule has 0 bridgehead atoms. The predicted molar refractivity (Wildman–Crippen MR) is 36.9 cm³/mol. The smallest absolute Gasteiger partial charge is 0.194 e. The summed E-state index contributed by atoms with van der Waals surface area (Å²) < 4.78 is 9.77. The van der Waals surface area contributed by atoms with Crippen LogP contribution in [-0.2, 0) is 14.6 Å². The summed E-state index contributed by atoms with van der Waals surface area (Å²) in [7, 11) is 1.54. The highest BCUT2D eigenvalue weighted by atomic mass is 16.7. The van der Waals surface area contributed by atoms with Crippen molar-refractivity contribution in [2.24, 2.45) is 0 Å². The molecular formula is C7H15O3. The van der Waals surface area contributed by atoms with Crippen LogP contribution in [0.5, 0.6) is 0 Å². The zero-order valence-corrected chi connectivity index (χ0v) is 6.79. The van der Waals surface area contributed by atoms with Gasteiger partial charge in [0.25, 0.3) is 0 Å². The molecule has 0 aliphatic carbocycles. The Morgan fingerprint density at radius 1 is 1.30 bits per heavy atom. The Balaban J connectivity index is 3.41. The molecule has 3 heteroatoms. The van der Waals surface area contributed by atoms with Crippen LogP contribution >= 0.6 is 0 Å². The van der Waals surface area contributed by atoms with Crippen molar-refractivity contribution in [1.29, 1.82) is 0 Å². The Hall–Kier alpha value is -0.120. The van der Waals surface area contributed by atoms with Crippen molar-refractivity contribution in [2.45, 2.75) is 39.3 Å². The molecule has 0 aromatic rings. The molecule has 1 radical (unpaired) electrons. The maximum atomic E-state index is 10.7. The first-order chi connectivity index (χ1) is 4.74. The Bertz CT molecular complexity index is 71.3. The van der Waals surface area contributed by atoms with Crippen molar-refractivity contribution in [3.63, 3.8) is 0 Å². The number of hydrogen-bond donors (Lipinski definition) is 0. The fourth-order valence-corrected chi connectivity index (χ4v) is 0.584. The number of methoxy groups -OCH3 is 1. The minimum atomic E-state index is -0.940. The van der Waals surface area contributed by atoms with Crippen LogP contribution < -0.4 is 0 Å². The Morgan fingerprint density at radius 3 is 2.20 bits per heavy atom. The van der Waals surface area contributed by atoms with E-state index in [-0.39, 0.29) is 6.29 Å². The van der Waals surface area contributed by atoms with Gasteiger partial charge in [-0.3, -0.25) is 0 Å². The average Bonchev–Trinajstić information content (AvgIpc) is 1.99. The fourth-order valence-electron chi connectivity index (χ4n) is 0.584. The van der Waals surface area contributed by atoms with E-state index in [1.165, 1.54) is 7.11 Å². The molecule has 0 fully saturated rings. The third-order valence-corrected chi connectivity index (χ3v) is 1.23. The summed E-state index contributed by atoms with van der Waals surface area (Å²) in [5.74, 6) is 0. The van der Waals surface area contributed by atoms with Gasteiger partial charge in [0.15, 0.2) is 12.6 Å². The molecule has 0 spiro atoms. The predicted octanol–water partition coefficient (Wildman–Crippen LogP) is 1.55. The number of rotatable bonds is 5. The molecular weight excluding hydrogens is 132 g/mol. The van der Waals surface area contributed by atoms with E-state index in [1.54, 1.807) is 6.92 Å². The Kier molecular flexibility index (Phi) is 5.58. The zero-order chi connectivity index (χ0) is 7.98. The van der Waals surface area contributed by atoms with Gasteiger partial charge in [-0.2, -0.15) is 0 Å². The molecule has 0 aromatic carbocycles. The van der Waals surface area contributed by atoms with Crippen molar-refractivity contribution in [2.75, 3.05) is 7.11 Å². The van der Waals surface area contributed by atoms with Crippen molar-refractivity contribution in [3.8, 4) is 0 Å². The van der Waals surface area contributed by atoms with Crippen molar-refractivity contribution >= 4 is 0 Å². The summed E-state index contributed by atoms with van der Waals surface area (Å²) in [6.45, 7) is 3.70. The van der Waals surface area contributed by atoms with Gasteiger partial charge >= 0.3 is 0 Å². The lowest BCUT2D eigenvalue weighted by atomic mass is 10.4. The SMILES string of the molecule is CCC([O])OC(CC)OC. The van der Waals surface area contributed by atoms with Crippen LogP contribution in [0.4, 0.5) is 0 Å². The molecule has 0 N–H and O–H groups in total. The molecule has 10 heavy (non-hydrogen) atoms. The lowest BCUT2D eigenvalue weighted by Crippen LogP contribution is -2.21. The summed E-state index contributed by atoms with van der Waals surface area (Å²) >= 11 is 0. The van der Waals surface area contributed by atoms with Crippen LogP contribution in [0.2, 0.25) is 0 Å². The van der Waals surface area contributed by atoms with E-state index < -0.39 is 6.29 Å². The van der Waals surface area contributed by atoms with Crippen LogP contribution in [0.1, 0.15) is 26.7 Å². The van der Waals surface area contributed by atoms with Crippen molar-refractivity contribution in [1.82, 2.24) is 0 Å². The molecule has 2 unspecified atom stereocenters. The van der Waals surface area contributed by atoms with Crippen LogP contribution in [0.25, 0.3) is 0 Å². The molecule has 0 heterocycles. The van der Waals surface area contributed by atoms with Crippen LogP contribution in [0.3, 0.4) is 0 Å². The lowest BCUT2D eigenvalue weighted by Gasteiger charge is -2.15. The van der Waals surface area contributed by atoms with Crippen LogP contribution in [-0.4, -0.2) is 19.7 Å². The normalized spacial score (nSPS) is 16.8. The van der Waals surface area contributed by atoms with E-state index >= 15 is 0 Å². The standard InChI is InChI=1S/C7H15O3/c1-4-6(8)10-7(5-2)9-3/h6-7H,4-5H2,1-3H3. The third-order valence-electron chi connectivity index (χ3n) is 1.23. The lowest BCUT2D eigenvalue weighted by molar-refractivity contribution is -0.240. The summed E-state index contributed by atoms with van der Waals surface area (Å²) in [4.78, 5) is 0. The molecule has 0 amide bonds. The number of hydrogen-bond acceptors (Lipinski definition) is 2. The molecule has 0 aliphatic rings. The van der Waals surface area contributed by atoms with Crippen LogP contribution in [0, 0.1) is 0 Å². The topological polar surface area (TPSA) is 38.4 Å². The van der Waals surface area contributed by atoms with Gasteiger partial charge in [-0.05, 0) is 12.8 Å². The minimum absolute atomic E-state index is 0.331. The molecule has 2 atom stereocenters. The third kappa shape index (κ3) is 3.82. The van der Waals surface area contributed by atoms with Gasteiger partial charge in [-0.25, -0.2) is 5.11 Å². The highest BCUT2D eigenvalue weighted by Gasteiger charge is 2.10. The first-order valence-corrected chi connectivity index (χ1v) is 3.58. The van der Waals surface area contributed by atoms with Gasteiger partial charge in [0.2, 0.25) is 0 Å². The summed E-state index contributed by atoms with van der Waals surface area (Å²) in [6.07, 6.45) is -0.0675. The van der Waals surface area contributed by atoms with Crippen LogP contribution in [0.15, 0.2) is 0 Å². The highest BCUT2D eigenvalue weighted by Crippen LogP contribution is 2.03. The average molecular weight is 147 g/mol. The van der Waals surface area contributed by atoms with E-state index in [0.717, 1.165) is 6.42 Å². The maximum absolute atomic E-state index is 10.7. The first kappa shape index (κ1) is 9.88. The monoisotopic (exact) mass is 147 g/mol. The zero-order valence-electron chi connectivity index (χ0n) is 6.79. The summed E-state index contributed by atoms with van der Waals surface area (Å²) in [5.41, 5.74) is 0. The molecule has 0 saturated carbocycles. The van der Waals surface area contributed by atoms with E-state index in [0.29, 0.717) is 6.42 Å². The second kappa shape index (κ2) is 5.65. The summed E-state index contributed by atoms with van der Waals surface area (Å²) in [6, 6.07) is 0. The number of ether oxygens (including phenoxy) is 2. The van der Waals surface area contributed by atoms with E-state index in [9.17, 15) is 5.11 Å². The second-order valence-corrected chi connectivity index (χ2v) is 2.05. The summed E-state index contributed by atoms with van der Waals surface area (Å²) in [5, 5.41) is 10.7. The molecule has 61 valence electrons. The Labute approximate surface area is 62.0 Å². The van der Waals surface area contributed by atoms with Gasteiger partial charge < -0.3 is 9.47 Å². The van der Waals surface area contributed by atoms with Gasteiger partial charge in [-0.15, -0.1) is 0 Å². The van der Waals surface area contributed by atoms with E-state index in [1.807, 2.05) is 6.92 Å². The van der Waals surface area contributed by atoms with Gasteiger partial charge in [-0.1, -0.05) is 13.8 Å². The first-order valence-electron chi connectivity index (χ1n) is 3.58. The van der Waals surface area contributed by atoms with E-state index in [2.05, 4.69) is 0 Å². The maximum Gasteiger partial charge on any atom is 0.194 e. The molecule has 0 saturated heterocycles. The second-order valence-electron chi connectivity index (χ2n) is 2.05. The molecule has 0 rings (SSSR count). The Morgan fingerprint density at radius 2 is 1.90 bits per heavy atom. The molecule has 3 nitrogen and oxygen atoms in total.